The fourth-order valence-electron chi connectivity index (χ4n) is 3.58. The first kappa shape index (κ1) is 14.4. The Balaban J connectivity index is 1.74. The molecular formula is C18H24IN. The third kappa shape index (κ3) is 2.90. The minimum Gasteiger partial charge on any atom is -0.357 e. The third-order valence-corrected chi connectivity index (χ3v) is 5.64. The summed E-state index contributed by atoms with van der Waals surface area (Å²) in [4.78, 5) is 3.67. The van der Waals surface area contributed by atoms with Crippen molar-refractivity contribution in [3.05, 3.63) is 33.0 Å². The van der Waals surface area contributed by atoms with Gasteiger partial charge in [-0.25, -0.2) is 0 Å². The van der Waals surface area contributed by atoms with Gasteiger partial charge >= 0.3 is 0 Å². The highest BCUT2D eigenvalue weighted by Crippen LogP contribution is 2.35. The molecule has 1 unspecified atom stereocenters. The molecule has 0 bridgehead atoms. The van der Waals surface area contributed by atoms with E-state index < -0.39 is 0 Å². The summed E-state index contributed by atoms with van der Waals surface area (Å²) in [6.45, 7) is 2.29. The van der Waals surface area contributed by atoms with Gasteiger partial charge in [0.25, 0.3) is 0 Å². The summed E-state index contributed by atoms with van der Waals surface area (Å²) in [6.07, 6.45) is 10.9. The Bertz CT molecular complexity index is 584. The van der Waals surface area contributed by atoms with Crippen molar-refractivity contribution < 1.29 is 0 Å². The Morgan fingerprint density at radius 1 is 1.25 bits per heavy atom. The highest BCUT2D eigenvalue weighted by molar-refractivity contribution is 14.1. The topological polar surface area (TPSA) is 15.8 Å². The van der Waals surface area contributed by atoms with Crippen LogP contribution in [-0.4, -0.2) is 4.98 Å². The zero-order chi connectivity index (χ0) is 13.9. The van der Waals surface area contributed by atoms with Gasteiger partial charge in [0.05, 0.1) is 5.52 Å². The third-order valence-electron chi connectivity index (χ3n) is 4.74. The van der Waals surface area contributed by atoms with E-state index in [9.17, 15) is 0 Å². The van der Waals surface area contributed by atoms with E-state index in [1.807, 2.05) is 0 Å². The minimum atomic E-state index is 0.913. The fourth-order valence-corrected chi connectivity index (χ4v) is 4.22. The molecule has 3 rings (SSSR count). The number of rotatable bonds is 5. The lowest BCUT2D eigenvalue weighted by atomic mass is 9.83. The van der Waals surface area contributed by atoms with Crippen molar-refractivity contribution in [3.63, 3.8) is 0 Å². The van der Waals surface area contributed by atoms with Crippen molar-refractivity contribution in [1.29, 1.82) is 0 Å². The van der Waals surface area contributed by atoms with Crippen molar-refractivity contribution in [2.24, 2.45) is 5.92 Å². The van der Waals surface area contributed by atoms with Crippen molar-refractivity contribution in [1.82, 2.24) is 4.98 Å². The van der Waals surface area contributed by atoms with E-state index in [1.165, 1.54) is 71.5 Å². The summed E-state index contributed by atoms with van der Waals surface area (Å²) >= 11 is 2.45. The molecule has 0 radical (unpaired) electrons. The van der Waals surface area contributed by atoms with Crippen LogP contribution >= 0.6 is 22.6 Å². The average molecular weight is 381 g/mol. The molecule has 1 nitrogen and oxygen atoms in total. The van der Waals surface area contributed by atoms with Gasteiger partial charge in [-0.05, 0) is 59.4 Å². The van der Waals surface area contributed by atoms with E-state index in [2.05, 4.69) is 52.7 Å². The first-order valence-corrected chi connectivity index (χ1v) is 9.15. The molecule has 0 amide bonds. The van der Waals surface area contributed by atoms with Crippen LogP contribution in [0, 0.1) is 9.49 Å². The number of benzene rings is 1. The second-order valence-corrected chi connectivity index (χ2v) is 7.36. The predicted octanol–water partition coefficient (Wildman–Crippen LogP) is 5.85. The van der Waals surface area contributed by atoms with Crippen LogP contribution in [0.25, 0.3) is 10.9 Å². The monoisotopic (exact) mass is 381 g/mol. The molecule has 1 aromatic carbocycles. The van der Waals surface area contributed by atoms with E-state index in [0.29, 0.717) is 0 Å². The lowest BCUT2D eigenvalue weighted by Gasteiger charge is -2.22. The molecule has 20 heavy (non-hydrogen) atoms. The van der Waals surface area contributed by atoms with Gasteiger partial charge < -0.3 is 4.98 Å². The van der Waals surface area contributed by atoms with Crippen molar-refractivity contribution in [3.8, 4) is 0 Å². The number of nitrogens with one attached hydrogen (secondary N) is 1. The zero-order valence-corrected chi connectivity index (χ0v) is 14.5. The maximum atomic E-state index is 3.67. The molecule has 1 aliphatic carbocycles. The van der Waals surface area contributed by atoms with Gasteiger partial charge in [-0.2, -0.15) is 0 Å². The smallest absolute Gasteiger partial charge is 0.0594 e. The fraction of sp³-hybridized carbons (Fsp3) is 0.556. The first-order chi connectivity index (χ1) is 9.79. The molecule has 1 atom stereocenters. The SMILES string of the molecule is CCCCCCC1CCc2[nH]c3c(I)cccc3c2C1. The lowest BCUT2D eigenvalue weighted by molar-refractivity contribution is 0.405. The van der Waals surface area contributed by atoms with Gasteiger partial charge in [0.2, 0.25) is 0 Å². The van der Waals surface area contributed by atoms with Crippen LogP contribution in [0.15, 0.2) is 18.2 Å². The van der Waals surface area contributed by atoms with Gasteiger partial charge in [0.15, 0.2) is 0 Å². The molecule has 2 heteroatoms. The largest absolute Gasteiger partial charge is 0.357 e. The summed E-state index contributed by atoms with van der Waals surface area (Å²) in [7, 11) is 0. The van der Waals surface area contributed by atoms with Gasteiger partial charge in [-0.3, -0.25) is 0 Å². The number of halogens is 1. The van der Waals surface area contributed by atoms with Gasteiger partial charge in [-0.1, -0.05) is 51.2 Å². The number of hydrogen-bond acceptors (Lipinski definition) is 0. The Labute approximate surface area is 135 Å². The molecule has 0 saturated heterocycles. The zero-order valence-electron chi connectivity index (χ0n) is 12.3. The summed E-state index contributed by atoms with van der Waals surface area (Å²) in [5.74, 6) is 0.913. The van der Waals surface area contributed by atoms with Crippen LogP contribution in [0.4, 0.5) is 0 Å². The van der Waals surface area contributed by atoms with Crippen LogP contribution in [0.2, 0.25) is 0 Å². The van der Waals surface area contributed by atoms with Crippen LogP contribution in [0.5, 0.6) is 0 Å². The van der Waals surface area contributed by atoms with E-state index in [4.69, 9.17) is 0 Å². The number of aryl methyl sites for hydroxylation is 1. The Kier molecular flexibility index (Phi) is 4.69. The van der Waals surface area contributed by atoms with Gasteiger partial charge in [0, 0.05) is 14.7 Å². The number of aromatic amines is 1. The average Bonchev–Trinajstić information content (AvgIpc) is 2.83. The van der Waals surface area contributed by atoms with Crippen LogP contribution < -0.4 is 0 Å². The maximum absolute atomic E-state index is 3.67. The van der Waals surface area contributed by atoms with E-state index >= 15 is 0 Å². The molecule has 0 aliphatic heterocycles. The molecular weight excluding hydrogens is 357 g/mol. The summed E-state index contributed by atoms with van der Waals surface area (Å²) in [5, 5.41) is 1.48. The second-order valence-electron chi connectivity index (χ2n) is 6.20. The molecule has 1 heterocycles. The number of unbranched alkanes of at least 4 members (excludes halogenated alkanes) is 3. The number of aromatic nitrogens is 1. The minimum absolute atomic E-state index is 0.913. The summed E-state index contributed by atoms with van der Waals surface area (Å²) in [6, 6.07) is 6.70. The van der Waals surface area contributed by atoms with Crippen LogP contribution in [0.1, 0.15) is 56.7 Å². The summed E-state index contributed by atoms with van der Waals surface area (Å²) < 4.78 is 1.36. The van der Waals surface area contributed by atoms with E-state index in [1.54, 1.807) is 5.56 Å². The van der Waals surface area contributed by atoms with Gasteiger partial charge in [0.1, 0.15) is 0 Å². The maximum Gasteiger partial charge on any atom is 0.0594 e. The highest BCUT2D eigenvalue weighted by atomic mass is 127. The molecule has 0 spiro atoms. The summed E-state index contributed by atoms with van der Waals surface area (Å²) in [5.41, 5.74) is 4.49. The van der Waals surface area contributed by atoms with Crippen molar-refractivity contribution in [2.45, 2.75) is 58.3 Å². The molecule has 0 fully saturated rings. The lowest BCUT2D eigenvalue weighted by Crippen LogP contribution is -2.13. The number of para-hydroxylation sites is 1. The molecule has 1 aliphatic rings. The van der Waals surface area contributed by atoms with E-state index in [0.717, 1.165) is 5.92 Å². The van der Waals surface area contributed by atoms with Crippen LogP contribution in [-0.2, 0) is 12.8 Å². The number of fused-ring (bicyclic) bond motifs is 3. The molecule has 1 N–H and O–H groups in total. The molecule has 108 valence electrons. The molecule has 2 aromatic rings. The highest BCUT2D eigenvalue weighted by Gasteiger charge is 2.22. The number of H-pyrrole nitrogens is 1. The van der Waals surface area contributed by atoms with Crippen molar-refractivity contribution in [2.75, 3.05) is 0 Å². The Morgan fingerprint density at radius 3 is 3.00 bits per heavy atom. The first-order valence-electron chi connectivity index (χ1n) is 8.07. The number of hydrogen-bond donors (Lipinski definition) is 1. The van der Waals surface area contributed by atoms with Crippen LogP contribution in [0.3, 0.4) is 0 Å². The Morgan fingerprint density at radius 2 is 2.15 bits per heavy atom. The van der Waals surface area contributed by atoms with Gasteiger partial charge in [-0.15, -0.1) is 0 Å². The standard InChI is InChI=1S/C18H24IN/c1-2-3-4-5-7-13-10-11-17-15(12-13)14-8-6-9-16(19)18(14)20-17/h6,8-9,13,20H,2-5,7,10-12H2,1H3. The predicted molar refractivity (Wildman–Crippen MR) is 95.3 cm³/mol. The quantitative estimate of drug-likeness (QED) is 0.494. The van der Waals surface area contributed by atoms with Crippen molar-refractivity contribution >= 4 is 33.5 Å². The molecule has 0 saturated carbocycles. The molecule has 1 aromatic heterocycles. The Hall–Kier alpha value is -0.510. The normalized spacial score (nSPS) is 18.4. The second kappa shape index (κ2) is 6.50. The van der Waals surface area contributed by atoms with E-state index in [-0.39, 0.29) is 0 Å².